The molecule has 72 heavy (non-hydrogen) atoms. The predicted molar refractivity (Wildman–Crippen MR) is 295 cm³/mol. The van der Waals surface area contributed by atoms with Crippen molar-refractivity contribution in [2.45, 2.75) is 26.4 Å². The van der Waals surface area contributed by atoms with Crippen molar-refractivity contribution in [1.29, 1.82) is 0 Å². The van der Waals surface area contributed by atoms with Crippen LogP contribution in [0.15, 0.2) is 231 Å². The van der Waals surface area contributed by atoms with E-state index >= 15 is 4.39 Å². The van der Waals surface area contributed by atoms with Crippen molar-refractivity contribution in [2.75, 3.05) is 4.90 Å². The number of aromatic nitrogens is 3. The topological polar surface area (TPSA) is 44.3 Å². The SMILES string of the molecule is CC(C)(C)OC(=O)n1c2ccc(-n3c4ccccc4c4ccccc43)cc2c2cccc(-c3ccccc3N(c3ccccc3)c3cccc(-n4c5ccccc5c5ccccc54)c3-c3ccccc3F)c21. The van der Waals surface area contributed by atoms with E-state index in [4.69, 9.17) is 4.74 Å². The first-order valence-electron chi connectivity index (χ1n) is 24.3. The molecule has 0 N–H and O–H groups in total. The van der Waals surface area contributed by atoms with Gasteiger partial charge in [0.15, 0.2) is 0 Å². The number of halogens is 1. The number of hydrogen-bond acceptors (Lipinski definition) is 3. The Balaban J connectivity index is 1.09. The molecule has 0 aliphatic heterocycles. The molecule has 7 heteroatoms. The number of rotatable bonds is 7. The van der Waals surface area contributed by atoms with Gasteiger partial charge in [0.1, 0.15) is 11.4 Å². The maximum atomic E-state index is 16.8. The first-order valence-corrected chi connectivity index (χ1v) is 24.3. The van der Waals surface area contributed by atoms with E-state index in [1.807, 2.05) is 69.3 Å². The lowest BCUT2D eigenvalue weighted by Crippen LogP contribution is -2.27. The number of carbonyl (C=O) groups excluding carboxylic acids is 1. The molecule has 0 unspecified atom stereocenters. The number of anilines is 3. The van der Waals surface area contributed by atoms with Gasteiger partial charge in [-0.15, -0.1) is 0 Å². The van der Waals surface area contributed by atoms with Gasteiger partial charge >= 0.3 is 6.09 Å². The van der Waals surface area contributed by atoms with Crippen LogP contribution in [0.1, 0.15) is 20.8 Å². The van der Waals surface area contributed by atoms with Crippen LogP contribution in [-0.4, -0.2) is 25.4 Å². The summed E-state index contributed by atoms with van der Waals surface area (Å²) >= 11 is 0. The van der Waals surface area contributed by atoms with Crippen molar-refractivity contribution in [3.63, 3.8) is 0 Å². The van der Waals surface area contributed by atoms with Gasteiger partial charge in [-0.05, 0) is 99.6 Å². The quantitative estimate of drug-likeness (QED) is 0.160. The van der Waals surface area contributed by atoms with Crippen molar-refractivity contribution in [3.05, 3.63) is 236 Å². The molecule has 0 aliphatic rings. The van der Waals surface area contributed by atoms with Gasteiger partial charge in [-0.25, -0.2) is 13.8 Å². The maximum absolute atomic E-state index is 16.8. The number of ether oxygens (including phenoxy) is 1. The molecule has 0 saturated heterocycles. The number of para-hydroxylation sites is 7. The van der Waals surface area contributed by atoms with E-state index in [0.717, 1.165) is 99.8 Å². The normalized spacial score (nSPS) is 11.9. The van der Waals surface area contributed by atoms with Crippen LogP contribution >= 0.6 is 0 Å². The Morgan fingerprint density at radius 1 is 0.444 bits per heavy atom. The predicted octanol–water partition coefficient (Wildman–Crippen LogP) is 17.7. The summed E-state index contributed by atoms with van der Waals surface area (Å²) in [6, 6.07) is 78.2. The number of nitrogens with zero attached hydrogens (tertiary/aromatic N) is 4. The lowest BCUT2D eigenvalue weighted by atomic mass is 9.96. The van der Waals surface area contributed by atoms with E-state index in [9.17, 15) is 4.79 Å². The van der Waals surface area contributed by atoms with Crippen molar-refractivity contribution in [2.24, 2.45) is 0 Å². The van der Waals surface area contributed by atoms with Gasteiger partial charge in [0.05, 0.1) is 50.2 Å². The minimum absolute atomic E-state index is 0.333. The third-order valence-electron chi connectivity index (χ3n) is 13.9. The van der Waals surface area contributed by atoms with E-state index in [0.29, 0.717) is 5.56 Å². The van der Waals surface area contributed by atoms with Crippen LogP contribution in [0, 0.1) is 5.82 Å². The van der Waals surface area contributed by atoms with Crippen LogP contribution in [0.4, 0.5) is 26.2 Å². The minimum Gasteiger partial charge on any atom is -0.443 e. The van der Waals surface area contributed by atoms with Crippen LogP contribution in [-0.2, 0) is 4.74 Å². The second kappa shape index (κ2) is 16.7. The molecule has 13 aromatic rings. The van der Waals surface area contributed by atoms with E-state index in [1.54, 1.807) is 10.6 Å². The molecule has 3 heterocycles. The lowest BCUT2D eigenvalue weighted by molar-refractivity contribution is 0.0551. The number of fused-ring (bicyclic) bond motifs is 9. The van der Waals surface area contributed by atoms with Gasteiger partial charge in [-0.3, -0.25) is 0 Å². The van der Waals surface area contributed by atoms with Gasteiger partial charge in [0.2, 0.25) is 0 Å². The third-order valence-corrected chi connectivity index (χ3v) is 13.9. The highest BCUT2D eigenvalue weighted by atomic mass is 19.1. The zero-order chi connectivity index (χ0) is 48.7. The molecule has 0 spiro atoms. The van der Waals surface area contributed by atoms with Crippen LogP contribution in [0.25, 0.3) is 99.0 Å². The van der Waals surface area contributed by atoms with E-state index in [1.165, 1.54) is 16.8 Å². The molecule has 0 amide bonds. The van der Waals surface area contributed by atoms with Crippen molar-refractivity contribution in [3.8, 4) is 33.6 Å². The second-order valence-corrected chi connectivity index (χ2v) is 19.3. The largest absolute Gasteiger partial charge is 0.443 e. The summed E-state index contributed by atoms with van der Waals surface area (Å²) < 4.78 is 29.4. The molecule has 13 rings (SSSR count). The second-order valence-electron chi connectivity index (χ2n) is 19.3. The minimum atomic E-state index is -0.773. The van der Waals surface area contributed by atoms with E-state index in [2.05, 4.69) is 184 Å². The molecular weight excluding hydrogens is 888 g/mol. The summed E-state index contributed by atoms with van der Waals surface area (Å²) in [6.07, 6.45) is -0.474. The molecule has 3 aromatic heterocycles. The Bertz CT molecular complexity index is 4180. The van der Waals surface area contributed by atoms with Gasteiger partial charge in [0.25, 0.3) is 0 Å². The summed E-state index contributed by atoms with van der Waals surface area (Å²) in [5.41, 5.74) is 12.1. The van der Waals surface area contributed by atoms with Crippen LogP contribution in [0.2, 0.25) is 0 Å². The zero-order valence-corrected chi connectivity index (χ0v) is 39.9. The summed E-state index contributed by atoms with van der Waals surface area (Å²) in [4.78, 5) is 17.1. The summed E-state index contributed by atoms with van der Waals surface area (Å²) in [5.74, 6) is -0.333. The number of carbonyl (C=O) groups is 1. The zero-order valence-electron chi connectivity index (χ0n) is 39.9. The highest BCUT2D eigenvalue weighted by Gasteiger charge is 2.29. The Hall–Kier alpha value is -9.20. The highest BCUT2D eigenvalue weighted by Crippen LogP contribution is 2.50. The molecular formula is C65H47FN4O2. The molecule has 0 radical (unpaired) electrons. The first-order chi connectivity index (χ1) is 35.2. The standard InChI is InChI=1S/C65H47FN4O2/c1-65(2,3)72-64(71)70-59-40-39-43(68-54-32-14-8-23-44(54)45-24-9-15-33-55(45)68)41-52(59)50-30-19-29-49(63(50)70)48-27-12-16-34-56(48)67(42-21-5-4-6-22-42)60-37-20-38-61(62(60)51-28-7-13-31-53(51)66)69-57-35-17-10-25-46(57)47-26-11-18-36-58(47)69/h4-41H,1-3H3. The number of benzene rings is 10. The Kier molecular flexibility index (Phi) is 9.97. The average molecular weight is 935 g/mol. The fourth-order valence-electron chi connectivity index (χ4n) is 11.0. The van der Waals surface area contributed by atoms with Crippen LogP contribution in [0.3, 0.4) is 0 Å². The number of hydrogen-bond donors (Lipinski definition) is 0. The fourth-order valence-corrected chi connectivity index (χ4v) is 11.0. The summed E-state index contributed by atoms with van der Waals surface area (Å²) in [5, 5.41) is 6.38. The Morgan fingerprint density at radius 3 is 1.57 bits per heavy atom. The van der Waals surface area contributed by atoms with Crippen LogP contribution < -0.4 is 4.90 Å². The summed E-state index contributed by atoms with van der Waals surface area (Å²) in [6.45, 7) is 5.69. The molecule has 10 aromatic carbocycles. The van der Waals surface area contributed by atoms with Gasteiger partial charge in [0, 0.05) is 65.9 Å². The van der Waals surface area contributed by atoms with Gasteiger partial charge in [-0.1, -0.05) is 152 Å². The lowest BCUT2D eigenvalue weighted by Gasteiger charge is -2.31. The van der Waals surface area contributed by atoms with Gasteiger partial charge < -0.3 is 18.8 Å². The van der Waals surface area contributed by atoms with E-state index in [-0.39, 0.29) is 5.82 Å². The van der Waals surface area contributed by atoms with Crippen molar-refractivity contribution < 1.29 is 13.9 Å². The molecule has 0 atom stereocenters. The highest BCUT2D eigenvalue weighted by molar-refractivity contribution is 6.19. The first kappa shape index (κ1) is 42.9. The van der Waals surface area contributed by atoms with E-state index < -0.39 is 11.7 Å². The molecule has 0 aliphatic carbocycles. The maximum Gasteiger partial charge on any atom is 0.419 e. The Morgan fingerprint density at radius 2 is 0.944 bits per heavy atom. The Labute approximate surface area is 415 Å². The average Bonchev–Trinajstić information content (AvgIpc) is 4.05. The fraction of sp³-hybridized carbons (Fsp3) is 0.0615. The monoisotopic (exact) mass is 934 g/mol. The van der Waals surface area contributed by atoms with Gasteiger partial charge in [-0.2, -0.15) is 0 Å². The molecule has 0 bridgehead atoms. The third kappa shape index (κ3) is 6.80. The van der Waals surface area contributed by atoms with Crippen LogP contribution in [0.5, 0.6) is 0 Å². The van der Waals surface area contributed by atoms with Crippen molar-refractivity contribution >= 4 is 88.6 Å². The molecule has 0 saturated carbocycles. The molecule has 0 fully saturated rings. The smallest absolute Gasteiger partial charge is 0.419 e. The van der Waals surface area contributed by atoms with Crippen molar-refractivity contribution in [1.82, 2.24) is 13.7 Å². The molecule has 6 nitrogen and oxygen atoms in total. The molecule has 346 valence electrons. The summed E-state index contributed by atoms with van der Waals surface area (Å²) in [7, 11) is 0.